The van der Waals surface area contributed by atoms with E-state index >= 15 is 0 Å². The fourth-order valence-electron chi connectivity index (χ4n) is 2.32. The molecule has 2 rings (SSSR count). The summed E-state index contributed by atoms with van der Waals surface area (Å²) in [7, 11) is 1.68. The van der Waals surface area contributed by atoms with Crippen molar-refractivity contribution in [3.8, 4) is 0 Å². The van der Waals surface area contributed by atoms with Crippen molar-refractivity contribution in [2.75, 3.05) is 20.2 Å². The number of methoxy groups -OCH3 is 1. The van der Waals surface area contributed by atoms with Gasteiger partial charge in [-0.25, -0.2) is 0 Å². The second kappa shape index (κ2) is 4.97. The minimum absolute atomic E-state index is 0.0497. The lowest BCUT2D eigenvalue weighted by Crippen LogP contribution is -2.41. The first-order valence-corrected chi connectivity index (χ1v) is 6.64. The third-order valence-corrected chi connectivity index (χ3v) is 4.14. The maximum atomic E-state index is 5.51. The van der Waals surface area contributed by atoms with Gasteiger partial charge in [0, 0.05) is 13.7 Å². The zero-order valence-electron chi connectivity index (χ0n) is 11.7. The lowest BCUT2D eigenvalue weighted by molar-refractivity contribution is -0.0106. The molecule has 1 N–H and O–H groups in total. The lowest BCUT2D eigenvalue weighted by atomic mass is 9.82. The Kier molecular flexibility index (Phi) is 3.73. The van der Waals surface area contributed by atoms with Crippen LogP contribution in [0.15, 0.2) is 4.52 Å². The van der Waals surface area contributed by atoms with Gasteiger partial charge in [-0.15, -0.1) is 0 Å². The van der Waals surface area contributed by atoms with Crippen LogP contribution in [0.1, 0.15) is 51.7 Å². The molecule has 1 aromatic rings. The minimum Gasteiger partial charge on any atom is -0.370 e. The van der Waals surface area contributed by atoms with Crippen molar-refractivity contribution in [1.29, 1.82) is 0 Å². The number of rotatable bonds is 4. The first-order valence-electron chi connectivity index (χ1n) is 6.64. The highest BCUT2D eigenvalue weighted by Gasteiger charge is 2.37. The van der Waals surface area contributed by atoms with E-state index in [2.05, 4.69) is 29.3 Å². The van der Waals surface area contributed by atoms with Crippen LogP contribution < -0.4 is 5.32 Å². The Bertz CT molecular complexity index is 393. The van der Waals surface area contributed by atoms with Crippen LogP contribution in [0.5, 0.6) is 0 Å². The summed E-state index contributed by atoms with van der Waals surface area (Å²) in [6, 6.07) is 0. The average Bonchev–Trinajstić information content (AvgIpc) is 2.89. The normalized spacial score (nSPS) is 28.0. The number of hydrogen-bond acceptors (Lipinski definition) is 5. The zero-order valence-corrected chi connectivity index (χ0v) is 11.7. The molecule has 2 heterocycles. The molecule has 1 aromatic heterocycles. The summed E-state index contributed by atoms with van der Waals surface area (Å²) in [5.41, 5.74) is -0.508. The van der Waals surface area contributed by atoms with E-state index in [-0.39, 0.29) is 5.41 Å². The summed E-state index contributed by atoms with van der Waals surface area (Å²) in [4.78, 5) is 4.58. The van der Waals surface area contributed by atoms with Crippen LogP contribution in [0.3, 0.4) is 0 Å². The summed E-state index contributed by atoms with van der Waals surface area (Å²) >= 11 is 0. The van der Waals surface area contributed by atoms with Crippen molar-refractivity contribution in [2.45, 2.75) is 51.0 Å². The lowest BCUT2D eigenvalue weighted by Gasteiger charge is -2.30. The third-order valence-electron chi connectivity index (χ3n) is 4.14. The minimum atomic E-state index is -0.458. The summed E-state index contributed by atoms with van der Waals surface area (Å²) in [5.74, 6) is 1.37. The molecule has 0 amide bonds. The summed E-state index contributed by atoms with van der Waals surface area (Å²) < 4.78 is 11.0. The fourth-order valence-corrected chi connectivity index (χ4v) is 2.32. The zero-order chi connectivity index (χ0) is 13.2. The maximum absolute atomic E-state index is 5.51. The molecular weight excluding hydrogens is 230 g/mol. The second-order valence-electron chi connectivity index (χ2n) is 5.55. The molecule has 102 valence electrons. The van der Waals surface area contributed by atoms with Gasteiger partial charge in [0.25, 0.3) is 0 Å². The summed E-state index contributed by atoms with van der Waals surface area (Å²) in [6.07, 6.45) is 3.04. The first-order chi connectivity index (χ1) is 8.54. The molecule has 5 nitrogen and oxygen atoms in total. The Morgan fingerprint density at radius 2 is 2.33 bits per heavy atom. The van der Waals surface area contributed by atoms with Gasteiger partial charge in [-0.3, -0.25) is 0 Å². The molecule has 1 aliphatic rings. The predicted molar refractivity (Wildman–Crippen MR) is 68.4 cm³/mol. The van der Waals surface area contributed by atoms with E-state index < -0.39 is 5.60 Å². The SMILES string of the molecule is CCC(C)(OC)c1noc(C2(C)CCCNC2)n1. The topological polar surface area (TPSA) is 60.2 Å². The van der Waals surface area contributed by atoms with Gasteiger partial charge >= 0.3 is 0 Å². The molecule has 1 fully saturated rings. The Balaban J connectivity index is 2.24. The van der Waals surface area contributed by atoms with E-state index in [0.29, 0.717) is 5.82 Å². The molecule has 2 atom stereocenters. The molecule has 0 bridgehead atoms. The standard InChI is InChI=1S/C13H23N3O2/c1-5-13(3,17-4)10-15-11(18-16-10)12(2)7-6-8-14-9-12/h14H,5-9H2,1-4H3. The quantitative estimate of drug-likeness (QED) is 0.889. The first kappa shape index (κ1) is 13.5. The van der Waals surface area contributed by atoms with Crippen LogP contribution in [0.4, 0.5) is 0 Å². The fraction of sp³-hybridized carbons (Fsp3) is 0.846. The van der Waals surface area contributed by atoms with Crippen LogP contribution >= 0.6 is 0 Å². The van der Waals surface area contributed by atoms with E-state index in [1.54, 1.807) is 7.11 Å². The Labute approximate surface area is 108 Å². The number of nitrogens with one attached hydrogen (secondary N) is 1. The van der Waals surface area contributed by atoms with Crippen molar-refractivity contribution in [1.82, 2.24) is 15.5 Å². The second-order valence-corrected chi connectivity index (χ2v) is 5.55. The largest absolute Gasteiger partial charge is 0.370 e. The molecular formula is C13H23N3O2. The Morgan fingerprint density at radius 3 is 2.89 bits per heavy atom. The Hall–Kier alpha value is -0.940. The number of nitrogens with zero attached hydrogens (tertiary/aromatic N) is 2. The van der Waals surface area contributed by atoms with Crippen molar-refractivity contribution in [3.05, 3.63) is 11.7 Å². The molecule has 0 aromatic carbocycles. The molecule has 5 heteroatoms. The highest BCUT2D eigenvalue weighted by molar-refractivity contribution is 5.09. The average molecular weight is 253 g/mol. The van der Waals surface area contributed by atoms with Crippen LogP contribution in [0.2, 0.25) is 0 Å². The number of piperidine rings is 1. The van der Waals surface area contributed by atoms with Gasteiger partial charge in [0.15, 0.2) is 0 Å². The van der Waals surface area contributed by atoms with Crippen molar-refractivity contribution in [3.63, 3.8) is 0 Å². The highest BCUT2D eigenvalue weighted by atomic mass is 16.5. The van der Waals surface area contributed by atoms with Gasteiger partial charge in [-0.05, 0) is 39.7 Å². The number of ether oxygens (including phenoxy) is 1. The molecule has 2 unspecified atom stereocenters. The smallest absolute Gasteiger partial charge is 0.233 e. The van der Waals surface area contributed by atoms with Crippen LogP contribution in [-0.2, 0) is 15.8 Å². The predicted octanol–water partition coefficient (Wildman–Crippen LogP) is 1.98. The molecule has 18 heavy (non-hydrogen) atoms. The van der Waals surface area contributed by atoms with Crippen LogP contribution in [0, 0.1) is 0 Å². The van der Waals surface area contributed by atoms with Gasteiger partial charge < -0.3 is 14.6 Å². The summed E-state index contributed by atoms with van der Waals surface area (Å²) in [5, 5.41) is 7.50. The Morgan fingerprint density at radius 1 is 1.56 bits per heavy atom. The van der Waals surface area contributed by atoms with E-state index in [1.807, 2.05) is 6.92 Å². The van der Waals surface area contributed by atoms with Gasteiger partial charge in [0.1, 0.15) is 5.60 Å². The van der Waals surface area contributed by atoms with Crippen molar-refractivity contribution < 1.29 is 9.26 Å². The van der Waals surface area contributed by atoms with Gasteiger partial charge in [-0.1, -0.05) is 12.1 Å². The molecule has 0 saturated carbocycles. The third kappa shape index (κ3) is 2.29. The van der Waals surface area contributed by atoms with E-state index in [0.717, 1.165) is 38.2 Å². The van der Waals surface area contributed by atoms with E-state index in [9.17, 15) is 0 Å². The van der Waals surface area contributed by atoms with Crippen LogP contribution in [0.25, 0.3) is 0 Å². The summed E-state index contributed by atoms with van der Waals surface area (Å²) in [6.45, 7) is 8.19. The van der Waals surface area contributed by atoms with Gasteiger partial charge in [0.05, 0.1) is 5.41 Å². The van der Waals surface area contributed by atoms with Gasteiger partial charge in [0.2, 0.25) is 11.7 Å². The molecule has 1 saturated heterocycles. The number of hydrogen-bond donors (Lipinski definition) is 1. The van der Waals surface area contributed by atoms with Crippen molar-refractivity contribution in [2.24, 2.45) is 0 Å². The monoisotopic (exact) mass is 253 g/mol. The maximum Gasteiger partial charge on any atom is 0.233 e. The van der Waals surface area contributed by atoms with E-state index in [1.165, 1.54) is 0 Å². The van der Waals surface area contributed by atoms with Crippen LogP contribution in [-0.4, -0.2) is 30.3 Å². The van der Waals surface area contributed by atoms with E-state index in [4.69, 9.17) is 9.26 Å². The van der Waals surface area contributed by atoms with Gasteiger partial charge in [-0.2, -0.15) is 4.98 Å². The highest BCUT2D eigenvalue weighted by Crippen LogP contribution is 2.32. The molecule has 0 radical (unpaired) electrons. The van der Waals surface area contributed by atoms with Crippen molar-refractivity contribution >= 4 is 0 Å². The number of aromatic nitrogens is 2. The molecule has 0 aliphatic carbocycles. The molecule has 0 spiro atoms. The molecule has 1 aliphatic heterocycles.